The van der Waals surface area contributed by atoms with Crippen molar-refractivity contribution in [2.24, 2.45) is 0 Å². The molecule has 0 aliphatic heterocycles. The largest absolute Gasteiger partial charge is 0.289 e. The van der Waals surface area contributed by atoms with Crippen molar-refractivity contribution in [3.05, 3.63) is 65.8 Å². The molecular formula is C14H12O. The number of carbonyl (C=O) groups excluding carboxylic acids is 1. The zero-order valence-corrected chi connectivity index (χ0v) is 8.71. The third kappa shape index (κ3) is 1.28. The van der Waals surface area contributed by atoms with Gasteiger partial charge < -0.3 is 0 Å². The summed E-state index contributed by atoms with van der Waals surface area (Å²) in [6.45, 7) is 9.43. The topological polar surface area (TPSA) is 17.1 Å². The van der Waals surface area contributed by atoms with Gasteiger partial charge in [-0.15, -0.1) is 0 Å². The number of aryl methyl sites for hydroxylation is 1. The van der Waals surface area contributed by atoms with E-state index in [2.05, 4.69) is 13.2 Å². The summed E-state index contributed by atoms with van der Waals surface area (Å²) in [4.78, 5) is 11.9. The minimum atomic E-state index is 0.0508. The predicted octanol–water partition coefficient (Wildman–Crippen LogP) is 3.32. The quantitative estimate of drug-likeness (QED) is 0.709. The monoisotopic (exact) mass is 196 g/mol. The van der Waals surface area contributed by atoms with Gasteiger partial charge >= 0.3 is 0 Å². The first-order valence-corrected chi connectivity index (χ1v) is 4.84. The Bertz CT molecular complexity index is 504. The van der Waals surface area contributed by atoms with E-state index in [0.717, 1.165) is 22.3 Å². The molecule has 1 aromatic carbocycles. The van der Waals surface area contributed by atoms with Gasteiger partial charge in [0.25, 0.3) is 0 Å². The van der Waals surface area contributed by atoms with Crippen LogP contribution in [-0.2, 0) is 0 Å². The van der Waals surface area contributed by atoms with Crippen LogP contribution in [0.25, 0.3) is 5.57 Å². The van der Waals surface area contributed by atoms with Crippen molar-refractivity contribution in [1.82, 2.24) is 0 Å². The third-order valence-corrected chi connectivity index (χ3v) is 2.65. The molecule has 0 saturated carbocycles. The van der Waals surface area contributed by atoms with E-state index in [9.17, 15) is 4.79 Å². The molecule has 1 nitrogen and oxygen atoms in total. The molecule has 74 valence electrons. The highest BCUT2D eigenvalue weighted by atomic mass is 16.1. The summed E-state index contributed by atoms with van der Waals surface area (Å²) < 4.78 is 0. The second-order valence-electron chi connectivity index (χ2n) is 3.61. The molecule has 0 amide bonds. The van der Waals surface area contributed by atoms with Crippen molar-refractivity contribution in [2.45, 2.75) is 6.92 Å². The summed E-state index contributed by atoms with van der Waals surface area (Å²) in [6.07, 6.45) is 3.33. The molecule has 0 saturated heterocycles. The minimum Gasteiger partial charge on any atom is -0.289 e. The Morgan fingerprint density at radius 1 is 1.07 bits per heavy atom. The van der Waals surface area contributed by atoms with E-state index in [0.29, 0.717) is 5.57 Å². The van der Waals surface area contributed by atoms with E-state index in [-0.39, 0.29) is 5.78 Å². The van der Waals surface area contributed by atoms with Crippen LogP contribution in [0.2, 0.25) is 0 Å². The first-order valence-electron chi connectivity index (χ1n) is 4.84. The summed E-state index contributed by atoms with van der Waals surface area (Å²) in [5.41, 5.74) is 4.43. The van der Waals surface area contributed by atoms with Crippen molar-refractivity contribution < 1.29 is 4.79 Å². The van der Waals surface area contributed by atoms with E-state index < -0.39 is 0 Å². The summed E-state index contributed by atoms with van der Waals surface area (Å²) in [5.74, 6) is 0.0508. The Hall–Kier alpha value is -1.89. The molecule has 1 aromatic rings. The molecule has 0 fully saturated rings. The second kappa shape index (κ2) is 3.35. The van der Waals surface area contributed by atoms with Gasteiger partial charge in [0.15, 0.2) is 5.78 Å². The highest BCUT2D eigenvalue weighted by molar-refractivity contribution is 6.23. The number of rotatable bonds is 2. The first kappa shape index (κ1) is 9.66. The van der Waals surface area contributed by atoms with Crippen molar-refractivity contribution in [1.29, 1.82) is 0 Å². The first-order chi connectivity index (χ1) is 7.19. The number of ketones is 1. The lowest BCUT2D eigenvalue weighted by atomic mass is 10.0. The fourth-order valence-electron chi connectivity index (χ4n) is 1.91. The lowest BCUT2D eigenvalue weighted by Crippen LogP contribution is -1.95. The molecule has 0 unspecified atom stereocenters. The van der Waals surface area contributed by atoms with E-state index in [1.54, 1.807) is 12.2 Å². The van der Waals surface area contributed by atoms with Crippen LogP contribution in [0.3, 0.4) is 0 Å². The van der Waals surface area contributed by atoms with Crippen LogP contribution in [0.15, 0.2) is 49.1 Å². The van der Waals surface area contributed by atoms with Gasteiger partial charge in [-0.1, -0.05) is 49.1 Å². The molecule has 2 rings (SSSR count). The predicted molar refractivity (Wildman–Crippen MR) is 62.8 cm³/mol. The fourth-order valence-corrected chi connectivity index (χ4v) is 1.91. The molecule has 1 aliphatic carbocycles. The smallest absolute Gasteiger partial charge is 0.194 e. The van der Waals surface area contributed by atoms with Crippen molar-refractivity contribution in [3.63, 3.8) is 0 Å². The zero-order chi connectivity index (χ0) is 11.0. The molecule has 1 heteroatoms. The summed E-state index contributed by atoms with van der Waals surface area (Å²) >= 11 is 0. The molecule has 0 aromatic heterocycles. The van der Waals surface area contributed by atoms with Crippen LogP contribution in [0.4, 0.5) is 0 Å². The van der Waals surface area contributed by atoms with Crippen LogP contribution in [0.1, 0.15) is 21.5 Å². The molecule has 0 radical (unpaired) electrons. The fraction of sp³-hybridized carbons (Fsp3) is 0.0714. The summed E-state index contributed by atoms with van der Waals surface area (Å²) in [7, 11) is 0. The maximum Gasteiger partial charge on any atom is 0.194 e. The molecule has 0 bridgehead atoms. The number of benzene rings is 1. The van der Waals surface area contributed by atoms with Crippen LogP contribution < -0.4 is 0 Å². The average Bonchev–Trinajstić information content (AvgIpc) is 2.50. The van der Waals surface area contributed by atoms with E-state index >= 15 is 0 Å². The van der Waals surface area contributed by atoms with E-state index in [4.69, 9.17) is 0 Å². The van der Waals surface area contributed by atoms with Crippen molar-refractivity contribution in [3.8, 4) is 0 Å². The Morgan fingerprint density at radius 2 is 1.73 bits per heavy atom. The van der Waals surface area contributed by atoms with Gasteiger partial charge in [-0.2, -0.15) is 0 Å². The molecule has 0 N–H and O–H groups in total. The number of allylic oxidation sites excluding steroid dienone is 4. The van der Waals surface area contributed by atoms with Gasteiger partial charge in [0.2, 0.25) is 0 Å². The molecule has 15 heavy (non-hydrogen) atoms. The Morgan fingerprint density at radius 3 is 2.33 bits per heavy atom. The maximum atomic E-state index is 11.9. The highest BCUT2D eigenvalue weighted by Crippen LogP contribution is 2.34. The van der Waals surface area contributed by atoms with Gasteiger partial charge in [-0.25, -0.2) is 0 Å². The van der Waals surface area contributed by atoms with Crippen LogP contribution in [0, 0.1) is 6.92 Å². The van der Waals surface area contributed by atoms with Crippen LogP contribution in [0.5, 0.6) is 0 Å². The van der Waals surface area contributed by atoms with Gasteiger partial charge in [0, 0.05) is 11.1 Å². The van der Waals surface area contributed by atoms with Crippen LogP contribution >= 0.6 is 0 Å². The van der Waals surface area contributed by atoms with Gasteiger partial charge in [-0.3, -0.25) is 4.79 Å². The number of fused-ring (bicyclic) bond motifs is 1. The Labute approximate surface area is 89.4 Å². The molecule has 1 aliphatic rings. The zero-order valence-electron chi connectivity index (χ0n) is 8.71. The second-order valence-corrected chi connectivity index (χ2v) is 3.61. The average molecular weight is 196 g/mol. The Balaban J connectivity index is 2.76. The van der Waals surface area contributed by atoms with E-state index in [1.165, 1.54) is 0 Å². The summed E-state index contributed by atoms with van der Waals surface area (Å²) in [5, 5.41) is 0. The third-order valence-electron chi connectivity index (χ3n) is 2.65. The number of Topliss-reactive ketones (excluding diaryl/α,β-unsaturated/α-hetero) is 1. The van der Waals surface area contributed by atoms with Gasteiger partial charge in [0.1, 0.15) is 0 Å². The SMILES string of the molecule is C=CC1=C(C=C)c2cc(C)ccc2C1=O. The van der Waals surface area contributed by atoms with Crippen molar-refractivity contribution >= 4 is 11.4 Å². The standard InChI is InChI=1S/C14H12O/c1-4-10-11(5-2)14(15)12-7-6-9(3)8-13(10)12/h4-8H,1-2H2,3H3. The van der Waals surface area contributed by atoms with Crippen molar-refractivity contribution in [2.75, 3.05) is 0 Å². The molecule has 0 atom stereocenters. The summed E-state index contributed by atoms with van der Waals surface area (Å²) in [6, 6.07) is 5.83. The maximum absolute atomic E-state index is 11.9. The normalized spacial score (nSPS) is 14.1. The molecular weight excluding hydrogens is 184 g/mol. The molecule has 0 spiro atoms. The Kier molecular flexibility index (Phi) is 2.16. The number of hydrogen-bond acceptors (Lipinski definition) is 1. The minimum absolute atomic E-state index is 0.0508. The lowest BCUT2D eigenvalue weighted by Gasteiger charge is -2.01. The number of carbonyl (C=O) groups is 1. The molecule has 0 heterocycles. The highest BCUT2D eigenvalue weighted by Gasteiger charge is 2.25. The van der Waals surface area contributed by atoms with Crippen LogP contribution in [-0.4, -0.2) is 5.78 Å². The number of hydrogen-bond donors (Lipinski definition) is 0. The van der Waals surface area contributed by atoms with E-state index in [1.807, 2.05) is 25.1 Å². The van der Waals surface area contributed by atoms with Gasteiger partial charge in [-0.05, 0) is 18.1 Å². The lowest BCUT2D eigenvalue weighted by molar-refractivity contribution is 0.104. The van der Waals surface area contributed by atoms with Gasteiger partial charge in [0.05, 0.1) is 0 Å².